The molecule has 2 rings (SSSR count). The average molecular weight is 286 g/mol. The van der Waals surface area contributed by atoms with Crippen LogP contribution in [0.25, 0.3) is 5.65 Å². The van der Waals surface area contributed by atoms with Gasteiger partial charge in [0.2, 0.25) is 0 Å². The lowest BCUT2D eigenvalue weighted by Crippen LogP contribution is -2.24. The number of fused-ring (bicyclic) bond motifs is 1. The third-order valence-corrected chi connectivity index (χ3v) is 2.61. The molecule has 0 fully saturated rings. The lowest BCUT2D eigenvalue weighted by atomic mass is 10.3. The molecule has 0 aliphatic heterocycles. The Hall–Kier alpha value is -2.12. The van der Waals surface area contributed by atoms with Crippen LogP contribution in [0, 0.1) is 6.92 Å². The third kappa shape index (κ3) is 2.73. The van der Waals surface area contributed by atoms with Gasteiger partial charge in [-0.25, -0.2) is 9.50 Å². The molecule has 5 nitrogen and oxygen atoms in total. The van der Waals surface area contributed by atoms with Crippen LogP contribution in [0.3, 0.4) is 0 Å². The SMILES string of the molecule is CCCNC(=O)c1cc2nc(C)cc(C(F)(F)F)n2n1. The van der Waals surface area contributed by atoms with Crippen molar-refractivity contribution in [2.45, 2.75) is 26.4 Å². The average Bonchev–Trinajstić information content (AvgIpc) is 2.77. The molecule has 0 atom stereocenters. The largest absolute Gasteiger partial charge is 0.433 e. The lowest BCUT2D eigenvalue weighted by Gasteiger charge is -2.09. The molecule has 0 saturated carbocycles. The standard InChI is InChI=1S/C12H13F3N4O/c1-3-4-16-11(20)8-6-10-17-7(2)5-9(12(13,14)15)19(10)18-8/h5-6H,3-4H2,1-2H3,(H,16,20). The van der Waals surface area contributed by atoms with Crippen LogP contribution in [0.15, 0.2) is 12.1 Å². The maximum Gasteiger partial charge on any atom is 0.433 e. The molecular weight excluding hydrogens is 273 g/mol. The van der Waals surface area contributed by atoms with Crippen molar-refractivity contribution in [1.82, 2.24) is 19.9 Å². The molecule has 1 N–H and O–H groups in total. The monoisotopic (exact) mass is 286 g/mol. The first-order valence-electron chi connectivity index (χ1n) is 6.05. The number of carbonyl (C=O) groups excluding carboxylic acids is 1. The zero-order valence-electron chi connectivity index (χ0n) is 11.0. The summed E-state index contributed by atoms with van der Waals surface area (Å²) in [5, 5.41) is 6.25. The highest BCUT2D eigenvalue weighted by molar-refractivity contribution is 5.93. The van der Waals surface area contributed by atoms with E-state index in [1.165, 1.54) is 13.0 Å². The fourth-order valence-corrected chi connectivity index (χ4v) is 1.74. The molecule has 0 bridgehead atoms. The number of rotatable bonds is 3. The van der Waals surface area contributed by atoms with Gasteiger partial charge in [-0.3, -0.25) is 4.79 Å². The molecule has 2 aromatic rings. The summed E-state index contributed by atoms with van der Waals surface area (Å²) in [7, 11) is 0. The number of nitrogens with one attached hydrogen (secondary N) is 1. The van der Waals surface area contributed by atoms with E-state index in [-0.39, 0.29) is 17.0 Å². The molecule has 2 aromatic heterocycles. The van der Waals surface area contributed by atoms with E-state index >= 15 is 0 Å². The number of aryl methyl sites for hydroxylation is 1. The maximum atomic E-state index is 12.9. The van der Waals surface area contributed by atoms with Gasteiger partial charge in [-0.2, -0.15) is 18.3 Å². The Morgan fingerprint density at radius 2 is 2.10 bits per heavy atom. The van der Waals surface area contributed by atoms with Crippen LogP contribution >= 0.6 is 0 Å². The Morgan fingerprint density at radius 1 is 1.40 bits per heavy atom. The van der Waals surface area contributed by atoms with E-state index in [2.05, 4.69) is 15.4 Å². The molecule has 0 saturated heterocycles. The van der Waals surface area contributed by atoms with Crippen molar-refractivity contribution < 1.29 is 18.0 Å². The van der Waals surface area contributed by atoms with Gasteiger partial charge in [-0.05, 0) is 19.4 Å². The van der Waals surface area contributed by atoms with Crippen molar-refractivity contribution in [2.24, 2.45) is 0 Å². The minimum absolute atomic E-state index is 0.000950. The van der Waals surface area contributed by atoms with Crippen molar-refractivity contribution in [1.29, 1.82) is 0 Å². The van der Waals surface area contributed by atoms with Gasteiger partial charge in [0, 0.05) is 18.3 Å². The van der Waals surface area contributed by atoms with E-state index in [0.717, 1.165) is 12.5 Å². The number of halogens is 3. The fraction of sp³-hybridized carbons (Fsp3) is 0.417. The highest BCUT2D eigenvalue weighted by Crippen LogP contribution is 2.29. The smallest absolute Gasteiger partial charge is 0.351 e. The van der Waals surface area contributed by atoms with Gasteiger partial charge in [0.05, 0.1) is 0 Å². The molecule has 20 heavy (non-hydrogen) atoms. The number of nitrogens with zero attached hydrogens (tertiary/aromatic N) is 3. The second-order valence-electron chi connectivity index (χ2n) is 4.34. The van der Waals surface area contributed by atoms with E-state index in [4.69, 9.17) is 0 Å². The zero-order chi connectivity index (χ0) is 14.9. The molecule has 0 unspecified atom stereocenters. The van der Waals surface area contributed by atoms with E-state index in [1.807, 2.05) is 6.92 Å². The van der Waals surface area contributed by atoms with Gasteiger partial charge in [-0.15, -0.1) is 0 Å². The van der Waals surface area contributed by atoms with Crippen molar-refractivity contribution in [3.63, 3.8) is 0 Å². The first-order valence-corrected chi connectivity index (χ1v) is 6.05. The molecular formula is C12H13F3N4O. The zero-order valence-corrected chi connectivity index (χ0v) is 11.0. The maximum absolute atomic E-state index is 12.9. The van der Waals surface area contributed by atoms with E-state index < -0.39 is 17.8 Å². The summed E-state index contributed by atoms with van der Waals surface area (Å²) in [6.45, 7) is 3.76. The summed E-state index contributed by atoms with van der Waals surface area (Å²) in [4.78, 5) is 15.7. The Labute approximate surface area is 112 Å². The summed E-state index contributed by atoms with van der Waals surface area (Å²) in [6, 6.07) is 2.14. The number of amides is 1. The topological polar surface area (TPSA) is 59.3 Å². The first kappa shape index (κ1) is 14.3. The van der Waals surface area contributed by atoms with Crippen molar-refractivity contribution in [3.8, 4) is 0 Å². The minimum atomic E-state index is -4.56. The van der Waals surface area contributed by atoms with E-state index in [1.54, 1.807) is 0 Å². The molecule has 2 heterocycles. The second kappa shape index (κ2) is 5.10. The van der Waals surface area contributed by atoms with Gasteiger partial charge >= 0.3 is 6.18 Å². The van der Waals surface area contributed by atoms with E-state index in [0.29, 0.717) is 11.1 Å². The number of aromatic nitrogens is 3. The molecule has 0 spiro atoms. The molecule has 0 aromatic carbocycles. The van der Waals surface area contributed by atoms with E-state index in [9.17, 15) is 18.0 Å². The number of hydrogen-bond donors (Lipinski definition) is 1. The van der Waals surface area contributed by atoms with Crippen LogP contribution in [0.5, 0.6) is 0 Å². The number of hydrogen-bond acceptors (Lipinski definition) is 3. The van der Waals surface area contributed by atoms with Crippen LogP contribution in [-0.4, -0.2) is 27.0 Å². The third-order valence-electron chi connectivity index (χ3n) is 2.61. The first-order chi connectivity index (χ1) is 9.32. The van der Waals surface area contributed by atoms with Crippen molar-refractivity contribution >= 4 is 11.6 Å². The Balaban J connectivity index is 2.51. The van der Waals surface area contributed by atoms with Crippen LogP contribution in [0.2, 0.25) is 0 Å². The van der Waals surface area contributed by atoms with Crippen LogP contribution < -0.4 is 5.32 Å². The lowest BCUT2D eigenvalue weighted by molar-refractivity contribution is -0.142. The highest BCUT2D eigenvalue weighted by Gasteiger charge is 2.35. The fourth-order valence-electron chi connectivity index (χ4n) is 1.74. The van der Waals surface area contributed by atoms with Gasteiger partial charge < -0.3 is 5.32 Å². The molecule has 0 aliphatic rings. The second-order valence-corrected chi connectivity index (χ2v) is 4.34. The Morgan fingerprint density at radius 3 is 2.70 bits per heavy atom. The van der Waals surface area contributed by atoms with Gasteiger partial charge in [-0.1, -0.05) is 6.92 Å². The van der Waals surface area contributed by atoms with Crippen LogP contribution in [0.4, 0.5) is 13.2 Å². The molecule has 8 heteroatoms. The predicted octanol–water partition coefficient (Wildman–Crippen LogP) is 2.20. The normalized spacial score (nSPS) is 11.8. The predicted molar refractivity (Wildman–Crippen MR) is 65.4 cm³/mol. The van der Waals surface area contributed by atoms with Crippen molar-refractivity contribution in [3.05, 3.63) is 29.2 Å². The van der Waals surface area contributed by atoms with Crippen LogP contribution in [0.1, 0.15) is 35.2 Å². The summed E-state index contributed by atoms with van der Waals surface area (Å²) in [6.07, 6.45) is -3.83. The van der Waals surface area contributed by atoms with Gasteiger partial charge in [0.15, 0.2) is 11.3 Å². The number of alkyl halides is 3. The Bertz CT molecular complexity index is 648. The van der Waals surface area contributed by atoms with Crippen LogP contribution in [-0.2, 0) is 6.18 Å². The van der Waals surface area contributed by atoms with Gasteiger partial charge in [0.25, 0.3) is 5.91 Å². The summed E-state index contributed by atoms with van der Waals surface area (Å²) in [5.74, 6) is -0.511. The summed E-state index contributed by atoms with van der Waals surface area (Å²) in [5.41, 5.74) is -0.819. The molecule has 0 aliphatic carbocycles. The molecule has 1 amide bonds. The minimum Gasteiger partial charge on any atom is -0.351 e. The van der Waals surface area contributed by atoms with Crippen molar-refractivity contribution in [2.75, 3.05) is 6.54 Å². The highest BCUT2D eigenvalue weighted by atomic mass is 19.4. The number of carbonyl (C=O) groups is 1. The van der Waals surface area contributed by atoms with Gasteiger partial charge in [0.1, 0.15) is 5.69 Å². The molecule has 108 valence electrons. The Kier molecular flexibility index (Phi) is 3.65. The quantitative estimate of drug-likeness (QED) is 0.941. The molecule has 0 radical (unpaired) electrons. The summed E-state index contributed by atoms with van der Waals surface area (Å²) < 4.78 is 39.4. The summed E-state index contributed by atoms with van der Waals surface area (Å²) >= 11 is 0.